The summed E-state index contributed by atoms with van der Waals surface area (Å²) >= 11 is 0. The van der Waals surface area contributed by atoms with Crippen LogP contribution < -0.4 is 5.73 Å². The summed E-state index contributed by atoms with van der Waals surface area (Å²) in [5.41, 5.74) is 10.3. The molecule has 1 unspecified atom stereocenters. The van der Waals surface area contributed by atoms with Gasteiger partial charge < -0.3 is 5.73 Å². The van der Waals surface area contributed by atoms with Gasteiger partial charge in [-0.05, 0) is 38.5 Å². The summed E-state index contributed by atoms with van der Waals surface area (Å²) in [6.07, 6.45) is 0. The number of nitrogens with zero attached hydrogens (tertiary/aromatic N) is 2. The number of rotatable bonds is 2. The highest BCUT2D eigenvalue weighted by Gasteiger charge is 2.10. The van der Waals surface area contributed by atoms with Gasteiger partial charge in [0.1, 0.15) is 0 Å². The van der Waals surface area contributed by atoms with E-state index in [1.54, 1.807) is 0 Å². The van der Waals surface area contributed by atoms with E-state index in [0.29, 0.717) is 0 Å². The van der Waals surface area contributed by atoms with E-state index in [-0.39, 0.29) is 6.04 Å². The number of hydrogen-bond donors (Lipinski definition) is 1. The zero-order valence-electron chi connectivity index (χ0n) is 9.94. The van der Waals surface area contributed by atoms with Crippen LogP contribution in [0.25, 0.3) is 5.69 Å². The van der Waals surface area contributed by atoms with Crippen LogP contribution in [0.5, 0.6) is 0 Å². The van der Waals surface area contributed by atoms with Gasteiger partial charge in [0, 0.05) is 11.7 Å². The topological polar surface area (TPSA) is 43.8 Å². The Kier molecular flexibility index (Phi) is 2.79. The van der Waals surface area contributed by atoms with Crippen LogP contribution in [0, 0.1) is 13.8 Å². The molecule has 3 heteroatoms. The molecular formula is C13H17N3. The summed E-state index contributed by atoms with van der Waals surface area (Å²) in [5.74, 6) is 0. The maximum Gasteiger partial charge on any atom is 0.0696 e. The highest BCUT2D eigenvalue weighted by atomic mass is 15.3. The van der Waals surface area contributed by atoms with Gasteiger partial charge in [-0.1, -0.05) is 18.2 Å². The molecule has 0 spiro atoms. The van der Waals surface area contributed by atoms with E-state index < -0.39 is 0 Å². The molecule has 1 aromatic heterocycles. The van der Waals surface area contributed by atoms with E-state index in [4.69, 9.17) is 5.73 Å². The van der Waals surface area contributed by atoms with Crippen LogP contribution in [0.4, 0.5) is 0 Å². The Labute approximate surface area is 95.9 Å². The van der Waals surface area contributed by atoms with Gasteiger partial charge in [-0.3, -0.25) is 0 Å². The van der Waals surface area contributed by atoms with Crippen molar-refractivity contribution in [2.45, 2.75) is 26.8 Å². The Bertz CT molecular complexity index is 498. The van der Waals surface area contributed by atoms with Gasteiger partial charge in [0.25, 0.3) is 0 Å². The van der Waals surface area contributed by atoms with E-state index in [1.165, 1.54) is 0 Å². The zero-order valence-corrected chi connectivity index (χ0v) is 9.94. The van der Waals surface area contributed by atoms with E-state index in [0.717, 1.165) is 22.6 Å². The van der Waals surface area contributed by atoms with Crippen molar-refractivity contribution in [2.24, 2.45) is 5.73 Å². The van der Waals surface area contributed by atoms with Crippen LogP contribution in [0.1, 0.15) is 29.9 Å². The second-order valence-electron chi connectivity index (χ2n) is 4.19. The molecule has 0 fully saturated rings. The lowest BCUT2D eigenvalue weighted by Gasteiger charge is -2.13. The number of aromatic nitrogens is 2. The van der Waals surface area contributed by atoms with Gasteiger partial charge in [-0.15, -0.1) is 0 Å². The Morgan fingerprint density at radius 2 is 1.94 bits per heavy atom. The Balaban J connectivity index is 2.59. The number of para-hydroxylation sites is 1. The number of benzene rings is 1. The van der Waals surface area contributed by atoms with E-state index in [1.807, 2.05) is 30.7 Å². The number of nitrogens with two attached hydrogens (primary N) is 1. The lowest BCUT2D eigenvalue weighted by molar-refractivity contribution is 0.766. The lowest BCUT2D eigenvalue weighted by atomic mass is 10.1. The minimum Gasteiger partial charge on any atom is -0.324 e. The first kappa shape index (κ1) is 10.9. The van der Waals surface area contributed by atoms with Crippen LogP contribution in [0.2, 0.25) is 0 Å². The Hall–Kier alpha value is -1.61. The monoisotopic (exact) mass is 215 g/mol. The maximum atomic E-state index is 5.97. The lowest BCUT2D eigenvalue weighted by Crippen LogP contribution is -2.11. The van der Waals surface area contributed by atoms with Crippen molar-refractivity contribution in [1.82, 2.24) is 9.78 Å². The third-order valence-corrected chi connectivity index (χ3v) is 2.67. The first-order valence-electron chi connectivity index (χ1n) is 5.47. The zero-order chi connectivity index (χ0) is 11.7. The smallest absolute Gasteiger partial charge is 0.0696 e. The molecule has 1 aromatic carbocycles. The van der Waals surface area contributed by atoms with Crippen molar-refractivity contribution in [3.8, 4) is 5.69 Å². The Morgan fingerprint density at radius 3 is 2.50 bits per heavy atom. The summed E-state index contributed by atoms with van der Waals surface area (Å²) in [6, 6.07) is 10.2. The van der Waals surface area contributed by atoms with Crippen LogP contribution in [0.15, 0.2) is 30.3 Å². The standard InChI is InChI=1S/C13H17N3/c1-9-8-10(2)16(15-9)13-7-5-4-6-12(13)11(3)14/h4-8,11H,14H2,1-3H3. The molecule has 16 heavy (non-hydrogen) atoms. The van der Waals surface area contributed by atoms with Crippen LogP contribution in [-0.4, -0.2) is 9.78 Å². The van der Waals surface area contributed by atoms with E-state index >= 15 is 0 Å². The number of aryl methyl sites for hydroxylation is 2. The van der Waals surface area contributed by atoms with Crippen molar-refractivity contribution in [3.63, 3.8) is 0 Å². The summed E-state index contributed by atoms with van der Waals surface area (Å²) < 4.78 is 1.95. The maximum absolute atomic E-state index is 5.97. The fourth-order valence-electron chi connectivity index (χ4n) is 1.94. The highest BCUT2D eigenvalue weighted by Crippen LogP contribution is 2.21. The summed E-state index contributed by atoms with van der Waals surface area (Å²) in [5, 5.41) is 4.48. The van der Waals surface area contributed by atoms with E-state index in [9.17, 15) is 0 Å². The molecular weight excluding hydrogens is 198 g/mol. The summed E-state index contributed by atoms with van der Waals surface area (Å²) in [4.78, 5) is 0. The molecule has 0 amide bonds. The Morgan fingerprint density at radius 1 is 1.25 bits per heavy atom. The molecule has 2 N–H and O–H groups in total. The average Bonchev–Trinajstić information content (AvgIpc) is 2.57. The number of hydrogen-bond acceptors (Lipinski definition) is 2. The van der Waals surface area contributed by atoms with Crippen molar-refractivity contribution < 1.29 is 0 Å². The largest absolute Gasteiger partial charge is 0.324 e. The summed E-state index contributed by atoms with van der Waals surface area (Å²) in [7, 11) is 0. The summed E-state index contributed by atoms with van der Waals surface area (Å²) in [6.45, 7) is 6.04. The molecule has 2 aromatic rings. The fourth-order valence-corrected chi connectivity index (χ4v) is 1.94. The molecule has 0 aliphatic heterocycles. The molecule has 0 aliphatic carbocycles. The van der Waals surface area contributed by atoms with Gasteiger partial charge in [-0.25, -0.2) is 4.68 Å². The minimum atomic E-state index is 0.0140. The first-order chi connectivity index (χ1) is 7.59. The molecule has 84 valence electrons. The van der Waals surface area contributed by atoms with Gasteiger partial charge in [0.15, 0.2) is 0 Å². The molecule has 1 heterocycles. The normalized spacial score (nSPS) is 12.8. The third kappa shape index (κ3) is 1.86. The van der Waals surface area contributed by atoms with Gasteiger partial charge in [-0.2, -0.15) is 5.10 Å². The highest BCUT2D eigenvalue weighted by molar-refractivity contribution is 5.43. The van der Waals surface area contributed by atoms with Crippen LogP contribution in [-0.2, 0) is 0 Å². The average molecular weight is 215 g/mol. The molecule has 0 radical (unpaired) electrons. The molecule has 0 bridgehead atoms. The van der Waals surface area contributed by atoms with Crippen molar-refractivity contribution in [2.75, 3.05) is 0 Å². The minimum absolute atomic E-state index is 0.0140. The molecule has 3 nitrogen and oxygen atoms in total. The molecule has 2 rings (SSSR count). The van der Waals surface area contributed by atoms with Crippen LogP contribution in [0.3, 0.4) is 0 Å². The molecule has 0 saturated carbocycles. The van der Waals surface area contributed by atoms with Crippen molar-refractivity contribution in [1.29, 1.82) is 0 Å². The van der Waals surface area contributed by atoms with Gasteiger partial charge >= 0.3 is 0 Å². The van der Waals surface area contributed by atoms with Crippen molar-refractivity contribution >= 4 is 0 Å². The van der Waals surface area contributed by atoms with Gasteiger partial charge in [0.2, 0.25) is 0 Å². The van der Waals surface area contributed by atoms with E-state index in [2.05, 4.69) is 30.2 Å². The predicted molar refractivity (Wildman–Crippen MR) is 65.6 cm³/mol. The first-order valence-corrected chi connectivity index (χ1v) is 5.47. The molecule has 0 saturated heterocycles. The fraction of sp³-hybridized carbons (Fsp3) is 0.308. The molecule has 0 aliphatic rings. The second-order valence-corrected chi connectivity index (χ2v) is 4.19. The molecule has 1 atom stereocenters. The van der Waals surface area contributed by atoms with Gasteiger partial charge in [0.05, 0.1) is 11.4 Å². The SMILES string of the molecule is Cc1cc(C)n(-c2ccccc2C(C)N)n1. The predicted octanol–water partition coefficient (Wildman–Crippen LogP) is 2.51. The van der Waals surface area contributed by atoms with Crippen molar-refractivity contribution in [3.05, 3.63) is 47.3 Å². The van der Waals surface area contributed by atoms with Crippen LogP contribution >= 0.6 is 0 Å². The third-order valence-electron chi connectivity index (χ3n) is 2.67. The quantitative estimate of drug-likeness (QED) is 0.836. The second kappa shape index (κ2) is 4.10.